The highest BCUT2D eigenvalue weighted by Gasteiger charge is 2.21. The number of aliphatic imine (C=N–C) groups is 1. The topological polar surface area (TPSA) is 55.8 Å². The maximum absolute atomic E-state index is 4.56. The number of guanidine groups is 1. The molecule has 0 aliphatic carbocycles. The second-order valence-corrected chi connectivity index (χ2v) is 8.30. The van der Waals surface area contributed by atoms with Gasteiger partial charge in [0.2, 0.25) is 0 Å². The van der Waals surface area contributed by atoms with Gasteiger partial charge in [-0.05, 0) is 50.9 Å². The monoisotopic (exact) mass is 536 g/mol. The molecule has 1 aromatic heterocycles. The van der Waals surface area contributed by atoms with Crippen molar-refractivity contribution in [2.24, 2.45) is 4.99 Å². The fourth-order valence-corrected chi connectivity index (χ4v) is 3.72. The number of benzene rings is 1. The smallest absolute Gasteiger partial charge is 0.191 e. The molecule has 170 valence electrons. The number of aryl methyl sites for hydroxylation is 1. The summed E-state index contributed by atoms with van der Waals surface area (Å²) in [5, 5.41) is 7.11. The Labute approximate surface area is 204 Å². The van der Waals surface area contributed by atoms with Gasteiger partial charge in [-0.2, -0.15) is 0 Å². The molecule has 0 spiro atoms. The van der Waals surface area contributed by atoms with Crippen molar-refractivity contribution < 1.29 is 0 Å². The van der Waals surface area contributed by atoms with E-state index >= 15 is 0 Å². The van der Waals surface area contributed by atoms with Crippen molar-refractivity contribution in [1.29, 1.82) is 0 Å². The molecule has 0 radical (unpaired) electrons. The van der Waals surface area contributed by atoms with Crippen LogP contribution in [0.2, 0.25) is 0 Å². The number of hydrogen-bond acceptors (Lipinski definition) is 4. The van der Waals surface area contributed by atoms with Crippen molar-refractivity contribution in [3.8, 4) is 0 Å². The molecule has 3 rings (SSSR count). The van der Waals surface area contributed by atoms with Crippen LogP contribution < -0.4 is 15.5 Å². The van der Waals surface area contributed by atoms with Gasteiger partial charge < -0.3 is 15.5 Å². The van der Waals surface area contributed by atoms with Gasteiger partial charge in [-0.1, -0.05) is 36.4 Å². The third-order valence-corrected chi connectivity index (χ3v) is 5.87. The molecule has 31 heavy (non-hydrogen) atoms. The molecule has 0 bridgehead atoms. The molecule has 1 aliphatic heterocycles. The molecule has 1 atom stereocenters. The number of nitrogens with zero attached hydrogens (tertiary/aromatic N) is 4. The molecule has 1 unspecified atom stereocenters. The number of anilines is 1. The van der Waals surface area contributed by atoms with E-state index < -0.39 is 0 Å². The molecular weight excluding hydrogens is 499 g/mol. The van der Waals surface area contributed by atoms with E-state index in [1.165, 1.54) is 11.1 Å². The first-order valence-corrected chi connectivity index (χ1v) is 10.9. The van der Waals surface area contributed by atoms with Crippen molar-refractivity contribution in [2.75, 3.05) is 38.6 Å². The summed E-state index contributed by atoms with van der Waals surface area (Å²) in [5.41, 5.74) is 2.54. The van der Waals surface area contributed by atoms with Crippen LogP contribution >= 0.6 is 24.0 Å². The van der Waals surface area contributed by atoms with E-state index in [1.807, 2.05) is 13.2 Å². The van der Waals surface area contributed by atoms with Crippen molar-refractivity contribution in [2.45, 2.75) is 45.3 Å². The molecule has 2 heterocycles. The van der Waals surface area contributed by atoms with Crippen molar-refractivity contribution in [3.63, 3.8) is 0 Å². The lowest BCUT2D eigenvalue weighted by Crippen LogP contribution is -2.51. The molecule has 0 saturated carbocycles. The zero-order chi connectivity index (χ0) is 21.3. The number of hydrogen-bond donors (Lipinski definition) is 2. The summed E-state index contributed by atoms with van der Waals surface area (Å²) in [6, 6.07) is 15.7. The number of piperidine rings is 1. The molecule has 1 aliphatic rings. The number of nitrogens with one attached hydrogen (secondary N) is 2. The number of aromatic nitrogens is 1. The Morgan fingerprint density at radius 3 is 2.52 bits per heavy atom. The van der Waals surface area contributed by atoms with E-state index in [0.29, 0.717) is 12.1 Å². The number of halogens is 1. The lowest BCUT2D eigenvalue weighted by Gasteiger charge is -2.34. The van der Waals surface area contributed by atoms with E-state index in [9.17, 15) is 0 Å². The van der Waals surface area contributed by atoms with Gasteiger partial charge >= 0.3 is 0 Å². The van der Waals surface area contributed by atoms with Gasteiger partial charge in [-0.25, -0.2) is 4.98 Å². The summed E-state index contributed by atoms with van der Waals surface area (Å²) in [6.07, 6.45) is 4.11. The van der Waals surface area contributed by atoms with E-state index in [2.05, 4.69) is 93.8 Å². The van der Waals surface area contributed by atoms with Crippen LogP contribution in [0.15, 0.2) is 53.7 Å². The van der Waals surface area contributed by atoms with Crippen LogP contribution in [0.5, 0.6) is 0 Å². The van der Waals surface area contributed by atoms with E-state index in [1.54, 1.807) is 0 Å². The molecule has 1 fully saturated rings. The summed E-state index contributed by atoms with van der Waals surface area (Å²) >= 11 is 0. The summed E-state index contributed by atoms with van der Waals surface area (Å²) in [5.74, 6) is 1.97. The molecule has 1 saturated heterocycles. The predicted molar refractivity (Wildman–Crippen MR) is 141 cm³/mol. The van der Waals surface area contributed by atoms with E-state index in [0.717, 1.165) is 50.8 Å². The van der Waals surface area contributed by atoms with Crippen LogP contribution in [0.25, 0.3) is 0 Å². The average molecular weight is 537 g/mol. The van der Waals surface area contributed by atoms with E-state index in [4.69, 9.17) is 0 Å². The molecule has 1 aromatic carbocycles. The van der Waals surface area contributed by atoms with Gasteiger partial charge in [0.15, 0.2) is 5.96 Å². The minimum atomic E-state index is 0. The summed E-state index contributed by atoms with van der Waals surface area (Å²) < 4.78 is 0. The predicted octanol–water partition coefficient (Wildman–Crippen LogP) is 3.66. The summed E-state index contributed by atoms with van der Waals surface area (Å²) in [7, 11) is 4.02. The van der Waals surface area contributed by atoms with Crippen LogP contribution in [0.3, 0.4) is 0 Å². The maximum Gasteiger partial charge on any atom is 0.191 e. The first-order valence-electron chi connectivity index (χ1n) is 10.9. The molecule has 2 N–H and O–H groups in total. The van der Waals surface area contributed by atoms with Crippen molar-refractivity contribution in [3.05, 3.63) is 59.8 Å². The maximum atomic E-state index is 4.56. The second kappa shape index (κ2) is 12.9. The highest BCUT2D eigenvalue weighted by molar-refractivity contribution is 14.0. The fourth-order valence-electron chi connectivity index (χ4n) is 3.72. The van der Waals surface area contributed by atoms with Gasteiger partial charge in [0, 0.05) is 51.5 Å². The average Bonchev–Trinajstić information content (AvgIpc) is 2.78. The normalized spacial score (nSPS) is 16.0. The lowest BCUT2D eigenvalue weighted by atomic mass is 10.1. The Morgan fingerprint density at radius 1 is 1.19 bits per heavy atom. The summed E-state index contributed by atoms with van der Waals surface area (Å²) in [4.78, 5) is 13.7. The first-order chi connectivity index (χ1) is 14.5. The van der Waals surface area contributed by atoms with Crippen LogP contribution in [0.4, 0.5) is 5.82 Å². The van der Waals surface area contributed by atoms with Crippen LogP contribution in [-0.2, 0) is 6.54 Å². The largest absolute Gasteiger partial charge is 0.356 e. The van der Waals surface area contributed by atoms with E-state index in [-0.39, 0.29) is 24.0 Å². The first kappa shape index (κ1) is 25.4. The number of likely N-dealkylation sites (N-methyl/N-ethyl adjacent to an activating group) is 1. The molecule has 7 heteroatoms. The van der Waals surface area contributed by atoms with Gasteiger partial charge in [-0.3, -0.25) is 9.89 Å². The number of rotatable bonds is 7. The highest BCUT2D eigenvalue weighted by Crippen LogP contribution is 2.18. The molecular formula is C24H37IN6. The van der Waals surface area contributed by atoms with Crippen LogP contribution in [0, 0.1) is 6.92 Å². The third kappa shape index (κ3) is 7.96. The molecule has 6 nitrogen and oxygen atoms in total. The Bertz CT molecular complexity index is 787. The third-order valence-electron chi connectivity index (χ3n) is 5.87. The van der Waals surface area contributed by atoms with Gasteiger partial charge in [0.1, 0.15) is 5.82 Å². The zero-order valence-corrected chi connectivity index (χ0v) is 21.5. The molecule has 2 aromatic rings. The van der Waals surface area contributed by atoms with Gasteiger partial charge in [-0.15, -0.1) is 24.0 Å². The van der Waals surface area contributed by atoms with Gasteiger partial charge in [0.05, 0.1) is 0 Å². The second-order valence-electron chi connectivity index (χ2n) is 8.30. The Morgan fingerprint density at radius 2 is 1.90 bits per heavy atom. The SMILES string of the molecule is CN=C(NCC(C)N(C)Cc1ccccc1)NC1CCN(c2ccc(C)cn2)CC1.I. The standard InChI is InChI=1S/C24H36N6.HI/c1-19-10-11-23(26-16-19)30-14-12-22(13-15-30)28-24(25-3)27-17-20(2)29(4)18-21-8-6-5-7-9-21;/h5-11,16,20,22H,12-15,17-18H2,1-4H3,(H2,25,27,28);1H. The Hall–Kier alpha value is -1.87. The summed E-state index contributed by atoms with van der Waals surface area (Å²) in [6.45, 7) is 8.15. The Kier molecular flexibility index (Phi) is 10.5. The van der Waals surface area contributed by atoms with Gasteiger partial charge in [0.25, 0.3) is 0 Å². The molecule has 0 amide bonds. The van der Waals surface area contributed by atoms with Crippen molar-refractivity contribution >= 4 is 35.8 Å². The van der Waals surface area contributed by atoms with Crippen LogP contribution in [-0.4, -0.2) is 61.7 Å². The number of pyridine rings is 1. The minimum Gasteiger partial charge on any atom is -0.356 e. The lowest BCUT2D eigenvalue weighted by molar-refractivity contribution is 0.249. The Balaban J connectivity index is 0.00000341. The minimum absolute atomic E-state index is 0. The van der Waals surface area contributed by atoms with Crippen molar-refractivity contribution in [1.82, 2.24) is 20.5 Å². The quantitative estimate of drug-likeness (QED) is 0.322. The van der Waals surface area contributed by atoms with Crippen LogP contribution in [0.1, 0.15) is 30.9 Å². The zero-order valence-electron chi connectivity index (χ0n) is 19.2. The fraction of sp³-hybridized carbons (Fsp3) is 0.500. The highest BCUT2D eigenvalue weighted by atomic mass is 127.